The van der Waals surface area contributed by atoms with Crippen LogP contribution < -0.4 is 9.62 Å². The van der Waals surface area contributed by atoms with Crippen molar-refractivity contribution in [2.24, 2.45) is 0 Å². The number of anilines is 1. The van der Waals surface area contributed by atoms with Gasteiger partial charge in [0.05, 0.1) is 23.9 Å². The van der Waals surface area contributed by atoms with Gasteiger partial charge in [-0.2, -0.15) is 0 Å². The van der Waals surface area contributed by atoms with Gasteiger partial charge < -0.3 is 15.2 Å². The molecule has 2 aliphatic heterocycles. The average molecular weight is 396 g/mol. The molecule has 0 saturated carbocycles. The summed E-state index contributed by atoms with van der Waals surface area (Å²) in [6.07, 6.45) is 3.27. The zero-order chi connectivity index (χ0) is 19.7. The van der Waals surface area contributed by atoms with E-state index >= 15 is 0 Å². The molecular formula is C18H24N2O6S. The van der Waals surface area contributed by atoms with Crippen LogP contribution in [0.3, 0.4) is 0 Å². The van der Waals surface area contributed by atoms with Crippen LogP contribution in [0.15, 0.2) is 18.2 Å². The number of nitrogens with one attached hydrogen (secondary N) is 1. The molecule has 0 radical (unpaired) electrons. The normalized spacial score (nSPS) is 19.2. The molecule has 0 aromatic heterocycles. The molecule has 2 N–H and O–H groups in total. The molecule has 0 unspecified atom stereocenters. The molecule has 148 valence electrons. The van der Waals surface area contributed by atoms with Gasteiger partial charge in [0.2, 0.25) is 10.0 Å². The molecule has 3 rings (SSSR count). The SMILES string of the molecule is CS(=O)(=O)N1CCCc2cc(C(=O)NC3(CC(=O)O)CCOCC3)ccc21. The highest BCUT2D eigenvalue weighted by Gasteiger charge is 2.37. The van der Waals surface area contributed by atoms with Crippen LogP contribution in [0.5, 0.6) is 0 Å². The number of rotatable bonds is 5. The fourth-order valence-corrected chi connectivity index (χ4v) is 4.76. The fraction of sp³-hybridized carbons (Fsp3) is 0.556. The summed E-state index contributed by atoms with van der Waals surface area (Å²) in [6.45, 7) is 1.24. The number of carbonyl (C=O) groups is 2. The molecule has 2 aliphatic rings. The molecular weight excluding hydrogens is 372 g/mol. The van der Waals surface area contributed by atoms with E-state index in [1.54, 1.807) is 18.2 Å². The summed E-state index contributed by atoms with van der Waals surface area (Å²) in [4.78, 5) is 24.0. The molecule has 1 fully saturated rings. The number of carboxylic acid groups (broad SMARTS) is 1. The highest BCUT2D eigenvalue weighted by molar-refractivity contribution is 7.92. The Morgan fingerprint density at radius 1 is 1.30 bits per heavy atom. The van der Waals surface area contributed by atoms with Crippen LogP contribution in [0, 0.1) is 0 Å². The van der Waals surface area contributed by atoms with Crippen LogP contribution in [0.25, 0.3) is 0 Å². The van der Waals surface area contributed by atoms with Crippen LogP contribution in [-0.4, -0.2) is 57.0 Å². The summed E-state index contributed by atoms with van der Waals surface area (Å²) >= 11 is 0. The fourth-order valence-electron chi connectivity index (χ4n) is 3.76. The number of fused-ring (bicyclic) bond motifs is 1. The van der Waals surface area contributed by atoms with Gasteiger partial charge in [-0.15, -0.1) is 0 Å². The lowest BCUT2D eigenvalue weighted by molar-refractivity contribution is -0.139. The summed E-state index contributed by atoms with van der Waals surface area (Å²) in [5.41, 5.74) is 0.987. The number of amides is 1. The predicted octanol–water partition coefficient (Wildman–Crippen LogP) is 1.15. The van der Waals surface area contributed by atoms with Crippen molar-refractivity contribution in [3.8, 4) is 0 Å². The Morgan fingerprint density at radius 3 is 2.63 bits per heavy atom. The number of nitrogens with zero attached hydrogens (tertiary/aromatic N) is 1. The van der Waals surface area contributed by atoms with Gasteiger partial charge in [0.15, 0.2) is 0 Å². The Kier molecular flexibility index (Phi) is 5.43. The van der Waals surface area contributed by atoms with Crippen molar-refractivity contribution in [3.05, 3.63) is 29.3 Å². The minimum atomic E-state index is -3.36. The van der Waals surface area contributed by atoms with Crippen LogP contribution in [0.1, 0.15) is 41.6 Å². The van der Waals surface area contributed by atoms with E-state index in [-0.39, 0.29) is 12.3 Å². The lowest BCUT2D eigenvalue weighted by Gasteiger charge is -2.37. The van der Waals surface area contributed by atoms with Gasteiger partial charge in [-0.3, -0.25) is 13.9 Å². The molecule has 1 saturated heterocycles. The summed E-state index contributed by atoms with van der Waals surface area (Å²) < 4.78 is 30.6. The van der Waals surface area contributed by atoms with Crippen molar-refractivity contribution in [3.63, 3.8) is 0 Å². The molecule has 1 amide bonds. The Morgan fingerprint density at radius 2 is 2.00 bits per heavy atom. The van der Waals surface area contributed by atoms with Crippen LogP contribution in [0.2, 0.25) is 0 Å². The maximum Gasteiger partial charge on any atom is 0.305 e. The second-order valence-corrected chi connectivity index (χ2v) is 9.11. The minimum Gasteiger partial charge on any atom is -0.481 e. The third-order valence-corrected chi connectivity index (χ3v) is 6.32. The topological polar surface area (TPSA) is 113 Å². The Bertz CT molecular complexity index is 845. The molecule has 0 spiro atoms. The van der Waals surface area contributed by atoms with Gasteiger partial charge in [-0.25, -0.2) is 8.42 Å². The number of hydrogen-bond donors (Lipinski definition) is 2. The van der Waals surface area contributed by atoms with E-state index in [0.29, 0.717) is 56.7 Å². The first kappa shape index (κ1) is 19.6. The number of hydrogen-bond acceptors (Lipinski definition) is 5. The summed E-state index contributed by atoms with van der Waals surface area (Å²) in [6, 6.07) is 4.94. The molecule has 1 aromatic rings. The molecule has 0 aliphatic carbocycles. The van der Waals surface area contributed by atoms with Crippen LogP contribution >= 0.6 is 0 Å². The highest BCUT2D eigenvalue weighted by Crippen LogP contribution is 2.31. The third kappa shape index (κ3) is 4.41. The van der Waals surface area contributed by atoms with Crippen molar-refractivity contribution >= 4 is 27.6 Å². The van der Waals surface area contributed by atoms with Gasteiger partial charge >= 0.3 is 5.97 Å². The smallest absolute Gasteiger partial charge is 0.305 e. The highest BCUT2D eigenvalue weighted by atomic mass is 32.2. The summed E-state index contributed by atoms with van der Waals surface area (Å²) in [5.74, 6) is -1.32. The second kappa shape index (κ2) is 7.47. The number of aliphatic carboxylic acids is 1. The number of benzene rings is 1. The van der Waals surface area contributed by atoms with Crippen molar-refractivity contribution in [1.29, 1.82) is 0 Å². The molecule has 2 heterocycles. The number of carboxylic acids is 1. The molecule has 9 heteroatoms. The first-order chi connectivity index (χ1) is 12.7. The number of sulfonamides is 1. The van der Waals surface area contributed by atoms with Gasteiger partial charge in [0.25, 0.3) is 5.91 Å². The molecule has 0 atom stereocenters. The van der Waals surface area contributed by atoms with Gasteiger partial charge in [-0.1, -0.05) is 0 Å². The van der Waals surface area contributed by atoms with E-state index in [4.69, 9.17) is 4.74 Å². The van der Waals surface area contributed by atoms with Crippen LogP contribution in [-0.2, 0) is 26.0 Å². The van der Waals surface area contributed by atoms with Crippen molar-refractivity contribution in [1.82, 2.24) is 5.32 Å². The second-order valence-electron chi connectivity index (χ2n) is 7.20. The van der Waals surface area contributed by atoms with Crippen molar-refractivity contribution in [2.45, 2.75) is 37.6 Å². The monoisotopic (exact) mass is 396 g/mol. The zero-order valence-electron chi connectivity index (χ0n) is 15.2. The quantitative estimate of drug-likeness (QED) is 0.772. The molecule has 27 heavy (non-hydrogen) atoms. The maximum atomic E-state index is 12.8. The number of aryl methyl sites for hydroxylation is 1. The lowest BCUT2D eigenvalue weighted by atomic mass is 9.86. The first-order valence-corrected chi connectivity index (χ1v) is 10.8. The summed E-state index contributed by atoms with van der Waals surface area (Å²) in [5, 5.41) is 12.1. The Hall–Kier alpha value is -2.13. The molecule has 1 aromatic carbocycles. The van der Waals surface area contributed by atoms with E-state index in [1.807, 2.05) is 0 Å². The molecule has 0 bridgehead atoms. The minimum absolute atomic E-state index is 0.158. The van der Waals surface area contributed by atoms with Crippen molar-refractivity contribution < 1.29 is 27.9 Å². The zero-order valence-corrected chi connectivity index (χ0v) is 16.0. The molecule has 8 nitrogen and oxygen atoms in total. The standard InChI is InChI=1S/C18H24N2O6S/c1-27(24,25)20-8-2-3-13-11-14(4-5-15(13)20)17(23)19-18(12-16(21)22)6-9-26-10-7-18/h4-5,11H,2-3,6-10,12H2,1H3,(H,19,23)(H,21,22). The third-order valence-electron chi connectivity index (χ3n) is 5.14. The van der Waals surface area contributed by atoms with E-state index in [1.165, 1.54) is 10.6 Å². The van der Waals surface area contributed by atoms with E-state index < -0.39 is 21.5 Å². The van der Waals surface area contributed by atoms with Gasteiger partial charge in [0.1, 0.15) is 0 Å². The van der Waals surface area contributed by atoms with Gasteiger partial charge in [-0.05, 0) is 49.4 Å². The van der Waals surface area contributed by atoms with Crippen LogP contribution in [0.4, 0.5) is 5.69 Å². The Balaban J connectivity index is 1.84. The van der Waals surface area contributed by atoms with E-state index in [0.717, 1.165) is 5.56 Å². The number of ether oxygens (including phenoxy) is 1. The van der Waals surface area contributed by atoms with E-state index in [9.17, 15) is 23.1 Å². The Labute approximate surface area is 158 Å². The largest absolute Gasteiger partial charge is 0.481 e. The maximum absolute atomic E-state index is 12.8. The number of carbonyl (C=O) groups excluding carboxylic acids is 1. The summed E-state index contributed by atoms with van der Waals surface area (Å²) in [7, 11) is -3.36. The first-order valence-electron chi connectivity index (χ1n) is 8.93. The van der Waals surface area contributed by atoms with E-state index in [2.05, 4.69) is 5.32 Å². The van der Waals surface area contributed by atoms with Crippen molar-refractivity contribution in [2.75, 3.05) is 30.3 Å². The van der Waals surface area contributed by atoms with Gasteiger partial charge in [0, 0.05) is 25.3 Å². The lowest BCUT2D eigenvalue weighted by Crippen LogP contribution is -2.53. The average Bonchev–Trinajstić information content (AvgIpc) is 2.59. The predicted molar refractivity (Wildman–Crippen MR) is 99.5 cm³/mol.